The average molecular weight is 490 g/mol. The molecule has 0 unspecified atom stereocenters. The van der Waals surface area contributed by atoms with Gasteiger partial charge < -0.3 is 4.90 Å². The van der Waals surface area contributed by atoms with Crippen LogP contribution in [0.2, 0.25) is 0 Å². The third kappa shape index (κ3) is 3.14. The van der Waals surface area contributed by atoms with E-state index >= 15 is 0 Å². The van der Waals surface area contributed by atoms with Gasteiger partial charge in [0.2, 0.25) is 6.71 Å². The van der Waals surface area contributed by atoms with Gasteiger partial charge in [0, 0.05) is 17.1 Å². The van der Waals surface area contributed by atoms with E-state index in [1.54, 1.807) is 6.07 Å². The van der Waals surface area contributed by atoms with E-state index in [4.69, 9.17) is 12.3 Å². The molecule has 6 aromatic rings. The number of fused-ring (bicyclic) bond motifs is 6. The van der Waals surface area contributed by atoms with E-state index in [1.165, 1.54) is 0 Å². The van der Waals surface area contributed by atoms with E-state index in [0.717, 1.165) is 39.1 Å². The second-order valence-electron chi connectivity index (χ2n) is 9.48. The second-order valence-corrected chi connectivity index (χ2v) is 9.48. The Labute approximate surface area is 236 Å². The van der Waals surface area contributed by atoms with Crippen LogP contribution in [0.25, 0.3) is 33.4 Å². The van der Waals surface area contributed by atoms with E-state index in [2.05, 4.69) is 11.0 Å². The van der Waals surface area contributed by atoms with E-state index in [-0.39, 0.29) is 41.8 Å². The number of para-hydroxylation sites is 2. The first-order valence-corrected chi connectivity index (χ1v) is 12.5. The summed E-state index contributed by atoms with van der Waals surface area (Å²) in [5, 5.41) is 0. The van der Waals surface area contributed by atoms with Crippen molar-refractivity contribution in [1.82, 2.24) is 0 Å². The van der Waals surface area contributed by atoms with Gasteiger partial charge in [0.15, 0.2) is 0 Å². The molecule has 0 saturated carbocycles. The number of anilines is 3. The highest BCUT2D eigenvalue weighted by Gasteiger charge is 2.42. The SMILES string of the molecule is [2H]c1c([2H])c([2H])c(-c2cc3c4c(c2)-c2c([2H])c([2H])c([2H])c([2H])c2B4c2ccc(N(c4ccccc4)c4ccccc4)cc2-3)c([2H])c1[2H]. The Kier molecular flexibility index (Phi) is 3.13. The monoisotopic (exact) mass is 490 g/mol. The zero-order valence-corrected chi connectivity index (χ0v) is 20.2. The van der Waals surface area contributed by atoms with E-state index < -0.39 is 24.8 Å². The molecule has 2 aliphatic rings. The van der Waals surface area contributed by atoms with Gasteiger partial charge in [0.25, 0.3) is 0 Å². The molecule has 0 saturated heterocycles. The highest BCUT2D eigenvalue weighted by molar-refractivity contribution is 7.02. The maximum Gasteiger partial charge on any atom is 0.244 e. The molecule has 0 fully saturated rings. The van der Waals surface area contributed by atoms with Gasteiger partial charge in [-0.2, -0.15) is 0 Å². The number of nitrogens with zero attached hydrogens (tertiary/aromatic N) is 1. The van der Waals surface area contributed by atoms with Crippen molar-refractivity contribution in [3.8, 4) is 33.4 Å². The second kappa shape index (κ2) is 8.36. The van der Waals surface area contributed by atoms with Gasteiger partial charge >= 0.3 is 0 Å². The Morgan fingerprint density at radius 3 is 1.82 bits per heavy atom. The molecule has 2 heteroatoms. The fourth-order valence-electron chi connectivity index (χ4n) is 5.91. The lowest BCUT2D eigenvalue weighted by atomic mass is 9.41. The van der Waals surface area contributed by atoms with Crippen molar-refractivity contribution in [2.75, 3.05) is 4.90 Å². The zero-order chi connectivity index (χ0) is 32.9. The van der Waals surface area contributed by atoms with Crippen LogP contribution in [0.1, 0.15) is 12.3 Å². The zero-order valence-electron chi connectivity index (χ0n) is 29.2. The number of benzene rings is 6. The Morgan fingerprint density at radius 1 is 0.474 bits per heavy atom. The maximum atomic E-state index is 8.96. The first-order valence-electron chi connectivity index (χ1n) is 17.0. The van der Waals surface area contributed by atoms with Crippen LogP contribution >= 0.6 is 0 Å². The summed E-state index contributed by atoms with van der Waals surface area (Å²) in [5.74, 6) is 0. The molecule has 0 aliphatic carbocycles. The highest BCUT2D eigenvalue weighted by Crippen LogP contribution is 2.41. The molecule has 8 rings (SSSR count). The summed E-state index contributed by atoms with van der Waals surface area (Å²) >= 11 is 0. The quantitative estimate of drug-likeness (QED) is 0.234. The van der Waals surface area contributed by atoms with Crippen LogP contribution in [0, 0.1) is 0 Å². The topological polar surface area (TPSA) is 3.24 Å². The summed E-state index contributed by atoms with van der Waals surface area (Å²) in [5.41, 5.74) is 7.99. The minimum absolute atomic E-state index is 0.0423. The Morgan fingerprint density at radius 2 is 1.11 bits per heavy atom. The summed E-state index contributed by atoms with van der Waals surface area (Å²) in [6.07, 6.45) is 0. The summed E-state index contributed by atoms with van der Waals surface area (Å²) in [6, 6.07) is 26.7. The Bertz CT molecular complexity index is 2240. The number of hydrogen-bond donors (Lipinski definition) is 0. The molecule has 0 bridgehead atoms. The van der Waals surface area contributed by atoms with Gasteiger partial charge in [0.05, 0.1) is 12.3 Å². The smallest absolute Gasteiger partial charge is 0.244 e. The molecule has 0 atom stereocenters. The summed E-state index contributed by atoms with van der Waals surface area (Å²) in [6.45, 7) is -0.448. The van der Waals surface area contributed by atoms with E-state index in [9.17, 15) is 0 Å². The predicted molar refractivity (Wildman–Crippen MR) is 162 cm³/mol. The minimum atomic E-state index is -0.481. The predicted octanol–water partition coefficient (Wildman–Crippen LogP) is 7.30. The van der Waals surface area contributed by atoms with E-state index in [0.29, 0.717) is 22.2 Å². The fraction of sp³-hybridized carbons (Fsp3) is 0. The normalized spacial score (nSPS) is 15.5. The van der Waals surface area contributed by atoms with Crippen molar-refractivity contribution in [2.24, 2.45) is 0 Å². The third-order valence-corrected chi connectivity index (χ3v) is 7.46. The number of rotatable bonds is 4. The molecular formula is C36H24BN. The van der Waals surface area contributed by atoms with Gasteiger partial charge in [0.1, 0.15) is 0 Å². The average Bonchev–Trinajstić information content (AvgIpc) is 3.60. The van der Waals surface area contributed by atoms with Crippen LogP contribution < -0.4 is 21.3 Å². The molecule has 0 spiro atoms. The molecule has 0 radical (unpaired) electrons. The van der Waals surface area contributed by atoms with Crippen LogP contribution in [0.3, 0.4) is 0 Å². The molecule has 176 valence electrons. The standard InChI is InChI=1S/C36H24BN/c1-4-12-25(13-5-1)26-22-32-30-18-10-11-19-34(30)37-35-21-20-29(24-31(35)33(23-26)36(32)37)38(27-14-6-2-7-15-27)28-16-8-3-9-17-28/h1-24H/i1D,4D,5D,10D,11D,12D,13D,18D,19D. The maximum absolute atomic E-state index is 8.96. The molecule has 6 aromatic carbocycles. The van der Waals surface area contributed by atoms with Crippen LogP contribution in [0.5, 0.6) is 0 Å². The summed E-state index contributed by atoms with van der Waals surface area (Å²) in [7, 11) is 0. The third-order valence-electron chi connectivity index (χ3n) is 7.46. The minimum Gasteiger partial charge on any atom is -0.310 e. The molecule has 0 amide bonds. The van der Waals surface area contributed by atoms with Crippen molar-refractivity contribution in [2.45, 2.75) is 0 Å². The summed E-state index contributed by atoms with van der Waals surface area (Å²) < 4.78 is 77.0. The first kappa shape index (κ1) is 14.2. The Balaban J connectivity index is 1.44. The van der Waals surface area contributed by atoms with Crippen molar-refractivity contribution >= 4 is 40.2 Å². The molecule has 38 heavy (non-hydrogen) atoms. The molecular weight excluding hydrogens is 457 g/mol. The van der Waals surface area contributed by atoms with Gasteiger partial charge in [-0.05, 0) is 81.9 Å². The lowest BCUT2D eigenvalue weighted by Crippen LogP contribution is -2.45. The van der Waals surface area contributed by atoms with Gasteiger partial charge in [-0.15, -0.1) is 0 Å². The van der Waals surface area contributed by atoms with Crippen molar-refractivity contribution in [1.29, 1.82) is 0 Å². The largest absolute Gasteiger partial charge is 0.310 e. The lowest BCUT2D eigenvalue weighted by Gasteiger charge is -2.26. The van der Waals surface area contributed by atoms with Crippen LogP contribution in [-0.4, -0.2) is 6.71 Å². The molecule has 2 heterocycles. The molecule has 1 nitrogen and oxygen atoms in total. The number of hydrogen-bond acceptors (Lipinski definition) is 1. The van der Waals surface area contributed by atoms with Gasteiger partial charge in [-0.1, -0.05) is 113 Å². The van der Waals surface area contributed by atoms with Crippen molar-refractivity contribution < 1.29 is 12.3 Å². The van der Waals surface area contributed by atoms with E-state index in [1.807, 2.05) is 78.9 Å². The van der Waals surface area contributed by atoms with Gasteiger partial charge in [-0.25, -0.2) is 0 Å². The first-order chi connectivity index (χ1) is 22.6. The molecule has 0 N–H and O–H groups in total. The molecule has 2 aliphatic heterocycles. The summed E-state index contributed by atoms with van der Waals surface area (Å²) in [4.78, 5) is 2.14. The van der Waals surface area contributed by atoms with Crippen LogP contribution in [-0.2, 0) is 0 Å². The highest BCUT2D eigenvalue weighted by atomic mass is 15.1. The molecule has 0 aromatic heterocycles. The van der Waals surface area contributed by atoms with Gasteiger partial charge in [-0.3, -0.25) is 0 Å². The van der Waals surface area contributed by atoms with Crippen molar-refractivity contribution in [3.63, 3.8) is 0 Å². The van der Waals surface area contributed by atoms with Crippen LogP contribution in [0.15, 0.2) is 145 Å². The fourth-order valence-corrected chi connectivity index (χ4v) is 5.91. The van der Waals surface area contributed by atoms with Crippen LogP contribution in [0.4, 0.5) is 17.1 Å². The Hall–Kier alpha value is -4.82. The van der Waals surface area contributed by atoms with Crippen molar-refractivity contribution in [3.05, 3.63) is 145 Å². The lowest BCUT2D eigenvalue weighted by molar-refractivity contribution is 1.29.